The fraction of sp³-hybridized carbons (Fsp3) is 0.268. The van der Waals surface area contributed by atoms with E-state index in [0.717, 1.165) is 89.0 Å². The number of imidazole rings is 1. The number of carbonyl (C=O) groups excluding carboxylic acids is 1. The summed E-state index contributed by atoms with van der Waals surface area (Å²) in [5.41, 5.74) is 11.4. The second-order valence-electron chi connectivity index (χ2n) is 13.3. The molecule has 0 saturated carbocycles. The van der Waals surface area contributed by atoms with E-state index >= 15 is 0 Å². The molecular formula is C41H44N8O. The Hall–Kier alpha value is -5.54. The van der Waals surface area contributed by atoms with Crippen LogP contribution in [0.5, 0.6) is 0 Å². The number of piperidine rings is 1. The van der Waals surface area contributed by atoms with Gasteiger partial charge >= 0.3 is 0 Å². The van der Waals surface area contributed by atoms with Crippen LogP contribution in [-0.4, -0.2) is 63.9 Å². The summed E-state index contributed by atoms with van der Waals surface area (Å²) in [6.07, 6.45) is 5.39. The van der Waals surface area contributed by atoms with E-state index in [1.807, 2.05) is 47.5 Å². The standard InChI is InChI=1S/C41H44N8O/c1-46(38-12-5-6-23-44-38)33-21-24-48(25-22-33)28-40(50)49(27-32-10-7-9-30-8-3-4-11-35(30)32)34-18-19-37-36(26-34)45-39(47(37)2)20-15-29-13-16-31(17-14-29)41(42)43/h3-14,16-19,23,26,33H,15,20-22,24-25,27-28H2,1-2H3,(H3,42,43). The van der Waals surface area contributed by atoms with Crippen LogP contribution in [0.1, 0.15) is 35.4 Å². The van der Waals surface area contributed by atoms with Crippen molar-refractivity contribution in [2.45, 2.75) is 38.3 Å². The Morgan fingerprint density at radius 3 is 2.44 bits per heavy atom. The van der Waals surface area contributed by atoms with Crippen LogP contribution in [0.4, 0.5) is 11.5 Å². The van der Waals surface area contributed by atoms with Gasteiger partial charge in [-0.05, 0) is 71.5 Å². The average molecular weight is 665 g/mol. The Kier molecular flexibility index (Phi) is 9.58. The number of nitrogen functional groups attached to an aromatic ring is 1. The van der Waals surface area contributed by atoms with Crippen LogP contribution < -0.4 is 15.5 Å². The summed E-state index contributed by atoms with van der Waals surface area (Å²) >= 11 is 0. The first-order valence-electron chi connectivity index (χ1n) is 17.4. The van der Waals surface area contributed by atoms with Gasteiger partial charge in [-0.15, -0.1) is 0 Å². The predicted molar refractivity (Wildman–Crippen MR) is 203 cm³/mol. The first-order chi connectivity index (χ1) is 24.3. The smallest absolute Gasteiger partial charge is 0.241 e. The number of pyridine rings is 1. The maximum absolute atomic E-state index is 14.3. The quantitative estimate of drug-likeness (QED) is 0.124. The van der Waals surface area contributed by atoms with Gasteiger partial charge in [0, 0.05) is 57.1 Å². The highest BCUT2D eigenvalue weighted by Crippen LogP contribution is 2.28. The SMILES string of the molecule is CN(c1ccccn1)C1CCN(CC(=O)N(Cc2cccc3ccccc23)c2ccc3c(c2)nc(CCc2ccc(C(=N)N)cc2)n3C)CC1. The minimum absolute atomic E-state index is 0.0738. The molecule has 50 heavy (non-hydrogen) atoms. The number of hydrogen-bond donors (Lipinski definition) is 2. The number of anilines is 2. The average Bonchev–Trinajstić information content (AvgIpc) is 3.47. The van der Waals surface area contributed by atoms with E-state index in [1.165, 1.54) is 5.56 Å². The van der Waals surface area contributed by atoms with Crippen molar-refractivity contribution < 1.29 is 4.79 Å². The van der Waals surface area contributed by atoms with E-state index in [9.17, 15) is 4.79 Å². The van der Waals surface area contributed by atoms with Crippen molar-refractivity contribution in [3.63, 3.8) is 0 Å². The van der Waals surface area contributed by atoms with Gasteiger partial charge in [-0.3, -0.25) is 15.1 Å². The number of aromatic nitrogens is 3. The normalized spacial score (nSPS) is 13.9. The number of carbonyl (C=O) groups is 1. The number of nitrogens with one attached hydrogen (secondary N) is 1. The Labute approximate surface area is 293 Å². The molecular weight excluding hydrogens is 621 g/mol. The molecule has 254 valence electrons. The summed E-state index contributed by atoms with van der Waals surface area (Å²) in [6, 6.07) is 35.2. The highest BCUT2D eigenvalue weighted by atomic mass is 16.2. The summed E-state index contributed by atoms with van der Waals surface area (Å²) in [4.78, 5) is 30.4. The third kappa shape index (κ3) is 7.09. The van der Waals surface area contributed by atoms with Gasteiger partial charge < -0.3 is 20.1 Å². The monoisotopic (exact) mass is 664 g/mol. The van der Waals surface area contributed by atoms with E-state index in [-0.39, 0.29) is 11.7 Å². The van der Waals surface area contributed by atoms with Crippen molar-refractivity contribution in [3.05, 3.63) is 132 Å². The van der Waals surface area contributed by atoms with Crippen LogP contribution >= 0.6 is 0 Å². The first kappa shape index (κ1) is 33.0. The summed E-state index contributed by atoms with van der Waals surface area (Å²) < 4.78 is 2.14. The van der Waals surface area contributed by atoms with Crippen molar-refractivity contribution in [2.24, 2.45) is 12.8 Å². The fourth-order valence-electron chi connectivity index (χ4n) is 7.15. The number of likely N-dealkylation sites (tertiary alicyclic amines) is 1. The van der Waals surface area contributed by atoms with Crippen LogP contribution in [0.15, 0.2) is 109 Å². The number of amidine groups is 1. The Morgan fingerprint density at radius 1 is 0.920 bits per heavy atom. The molecule has 0 aliphatic carbocycles. The maximum Gasteiger partial charge on any atom is 0.241 e. The molecule has 0 bridgehead atoms. The molecule has 1 fully saturated rings. The van der Waals surface area contributed by atoms with Crippen LogP contribution in [0.2, 0.25) is 0 Å². The highest BCUT2D eigenvalue weighted by Gasteiger charge is 2.27. The lowest BCUT2D eigenvalue weighted by atomic mass is 10.0. The Morgan fingerprint density at radius 2 is 1.68 bits per heavy atom. The number of nitrogens with zero attached hydrogens (tertiary/aromatic N) is 6. The van der Waals surface area contributed by atoms with Crippen LogP contribution in [-0.2, 0) is 31.2 Å². The third-order valence-corrected chi connectivity index (χ3v) is 10.2. The maximum atomic E-state index is 14.3. The molecule has 4 aromatic carbocycles. The first-order valence-corrected chi connectivity index (χ1v) is 17.4. The molecule has 9 heteroatoms. The summed E-state index contributed by atoms with van der Waals surface area (Å²) in [5.74, 6) is 2.13. The molecule has 0 atom stereocenters. The van der Waals surface area contributed by atoms with Gasteiger partial charge in [0.1, 0.15) is 17.5 Å². The van der Waals surface area contributed by atoms with Crippen LogP contribution in [0, 0.1) is 5.41 Å². The molecule has 9 nitrogen and oxygen atoms in total. The number of benzene rings is 4. The Bertz CT molecular complexity index is 2110. The number of hydrogen-bond acceptors (Lipinski definition) is 6. The van der Waals surface area contributed by atoms with Crippen LogP contribution in [0.25, 0.3) is 21.8 Å². The predicted octanol–water partition coefficient (Wildman–Crippen LogP) is 6.32. The number of amides is 1. The second-order valence-corrected chi connectivity index (χ2v) is 13.3. The number of fused-ring (bicyclic) bond motifs is 2. The topological polar surface area (TPSA) is 107 Å². The largest absolute Gasteiger partial charge is 0.384 e. The van der Waals surface area contributed by atoms with Gasteiger partial charge in [-0.1, -0.05) is 72.8 Å². The van der Waals surface area contributed by atoms with E-state index in [0.29, 0.717) is 19.1 Å². The molecule has 0 spiro atoms. The number of nitrogens with two attached hydrogens (primary N) is 1. The fourth-order valence-corrected chi connectivity index (χ4v) is 7.15. The molecule has 1 amide bonds. The molecule has 6 aromatic rings. The van der Waals surface area contributed by atoms with Gasteiger partial charge in [0.05, 0.1) is 24.1 Å². The number of rotatable bonds is 11. The summed E-state index contributed by atoms with van der Waals surface area (Å²) in [6.45, 7) is 2.55. The highest BCUT2D eigenvalue weighted by molar-refractivity contribution is 5.98. The summed E-state index contributed by atoms with van der Waals surface area (Å²) in [5, 5.41) is 9.97. The van der Waals surface area contributed by atoms with Crippen molar-refractivity contribution in [1.29, 1.82) is 5.41 Å². The lowest BCUT2D eigenvalue weighted by molar-refractivity contribution is -0.120. The zero-order valence-corrected chi connectivity index (χ0v) is 28.8. The molecule has 1 aliphatic rings. The lowest BCUT2D eigenvalue weighted by Gasteiger charge is -2.37. The molecule has 3 heterocycles. The second kappa shape index (κ2) is 14.5. The van der Waals surface area contributed by atoms with Crippen LogP contribution in [0.3, 0.4) is 0 Å². The van der Waals surface area contributed by atoms with Crippen molar-refractivity contribution in [1.82, 2.24) is 19.4 Å². The zero-order chi connectivity index (χ0) is 34.6. The Balaban J connectivity index is 1.11. The summed E-state index contributed by atoms with van der Waals surface area (Å²) in [7, 11) is 4.17. The molecule has 3 N–H and O–H groups in total. The zero-order valence-electron chi connectivity index (χ0n) is 28.8. The molecule has 1 aliphatic heterocycles. The molecule has 1 saturated heterocycles. The van der Waals surface area contributed by atoms with Gasteiger partial charge in [0.25, 0.3) is 0 Å². The molecule has 2 aromatic heterocycles. The lowest BCUT2D eigenvalue weighted by Crippen LogP contribution is -2.47. The van der Waals surface area contributed by atoms with E-state index in [2.05, 4.69) is 100 Å². The van der Waals surface area contributed by atoms with E-state index in [1.54, 1.807) is 0 Å². The van der Waals surface area contributed by atoms with Crippen molar-refractivity contribution in [2.75, 3.05) is 36.5 Å². The van der Waals surface area contributed by atoms with Gasteiger partial charge in [-0.25, -0.2) is 9.97 Å². The van der Waals surface area contributed by atoms with Crippen molar-refractivity contribution in [3.8, 4) is 0 Å². The van der Waals surface area contributed by atoms with Crippen molar-refractivity contribution >= 4 is 45.1 Å². The molecule has 7 rings (SSSR count). The molecule has 0 radical (unpaired) electrons. The van der Waals surface area contributed by atoms with Gasteiger partial charge in [-0.2, -0.15) is 0 Å². The van der Waals surface area contributed by atoms with E-state index in [4.69, 9.17) is 16.1 Å². The van der Waals surface area contributed by atoms with E-state index < -0.39 is 0 Å². The molecule has 0 unspecified atom stereocenters. The van der Waals surface area contributed by atoms with Gasteiger partial charge in [0.2, 0.25) is 5.91 Å². The third-order valence-electron chi connectivity index (χ3n) is 10.2. The minimum atomic E-state index is 0.0738. The number of aryl methyl sites for hydroxylation is 3. The minimum Gasteiger partial charge on any atom is -0.384 e. The van der Waals surface area contributed by atoms with Gasteiger partial charge in [0.15, 0.2) is 0 Å².